The van der Waals surface area contributed by atoms with Crippen molar-refractivity contribution in [1.82, 2.24) is 10.4 Å². The number of benzene rings is 2. The second-order valence-corrected chi connectivity index (χ2v) is 7.66. The zero-order valence-electron chi connectivity index (χ0n) is 14.7. The van der Waals surface area contributed by atoms with E-state index in [2.05, 4.69) is 15.5 Å². The third kappa shape index (κ3) is 4.95. The molecule has 0 radical (unpaired) electrons. The summed E-state index contributed by atoms with van der Waals surface area (Å²) in [6, 6.07) is 9.55. The van der Waals surface area contributed by atoms with Gasteiger partial charge < -0.3 is 0 Å². The van der Waals surface area contributed by atoms with Crippen molar-refractivity contribution in [2.45, 2.75) is 13.1 Å². The molecule has 29 heavy (non-hydrogen) atoms. The standard InChI is InChI=1S/C19H12Cl2F3N3OS/c1-10-16(17(28)27-25-9-13-14(20)3-2-4-15(13)21)29-18(26-10)11-5-7-12(8-6-11)19(22,23)24/h2-9H,1H3,(H,27,28)/b25-9+. The minimum atomic E-state index is -4.41. The number of amides is 1. The summed E-state index contributed by atoms with van der Waals surface area (Å²) in [7, 11) is 0. The van der Waals surface area contributed by atoms with Crippen LogP contribution in [0.1, 0.15) is 26.5 Å². The van der Waals surface area contributed by atoms with Gasteiger partial charge in [-0.2, -0.15) is 18.3 Å². The summed E-state index contributed by atoms with van der Waals surface area (Å²) in [5.41, 5.74) is 3.00. The summed E-state index contributed by atoms with van der Waals surface area (Å²) in [5, 5.41) is 5.06. The van der Waals surface area contributed by atoms with Gasteiger partial charge in [-0.3, -0.25) is 4.79 Å². The van der Waals surface area contributed by atoms with Gasteiger partial charge in [0.05, 0.1) is 27.5 Å². The maximum absolute atomic E-state index is 12.7. The molecule has 0 saturated heterocycles. The Labute approximate surface area is 178 Å². The van der Waals surface area contributed by atoms with Crippen LogP contribution in [0.2, 0.25) is 10.0 Å². The predicted octanol–water partition coefficient (Wildman–Crippen LogP) is 6.21. The van der Waals surface area contributed by atoms with Crippen molar-refractivity contribution in [3.8, 4) is 10.6 Å². The number of halogens is 5. The van der Waals surface area contributed by atoms with E-state index >= 15 is 0 Å². The maximum atomic E-state index is 12.7. The highest BCUT2D eigenvalue weighted by Gasteiger charge is 2.30. The number of alkyl halides is 3. The van der Waals surface area contributed by atoms with E-state index in [4.69, 9.17) is 23.2 Å². The minimum Gasteiger partial charge on any atom is -0.266 e. The van der Waals surface area contributed by atoms with E-state index < -0.39 is 17.6 Å². The number of nitrogens with one attached hydrogen (secondary N) is 1. The Kier molecular flexibility index (Phi) is 6.26. The van der Waals surface area contributed by atoms with E-state index in [9.17, 15) is 18.0 Å². The van der Waals surface area contributed by atoms with E-state index in [-0.39, 0.29) is 0 Å². The number of rotatable bonds is 4. The second kappa shape index (κ2) is 8.52. The Hall–Kier alpha value is -2.42. The lowest BCUT2D eigenvalue weighted by atomic mass is 10.1. The van der Waals surface area contributed by atoms with Crippen molar-refractivity contribution in [3.63, 3.8) is 0 Å². The Morgan fingerprint density at radius 2 is 1.76 bits per heavy atom. The van der Waals surface area contributed by atoms with E-state index in [1.807, 2.05) is 0 Å². The highest BCUT2D eigenvalue weighted by Crippen LogP contribution is 2.33. The van der Waals surface area contributed by atoms with Crippen LogP contribution in [0.15, 0.2) is 47.6 Å². The topological polar surface area (TPSA) is 54.4 Å². The molecule has 0 unspecified atom stereocenters. The molecule has 1 heterocycles. The van der Waals surface area contributed by atoms with Gasteiger partial charge in [0, 0.05) is 11.1 Å². The van der Waals surface area contributed by atoms with Gasteiger partial charge in [-0.05, 0) is 31.2 Å². The lowest BCUT2D eigenvalue weighted by Gasteiger charge is -2.06. The first-order valence-electron chi connectivity index (χ1n) is 8.09. The second-order valence-electron chi connectivity index (χ2n) is 5.84. The highest BCUT2D eigenvalue weighted by atomic mass is 35.5. The Bertz CT molecular complexity index is 1060. The smallest absolute Gasteiger partial charge is 0.266 e. The van der Waals surface area contributed by atoms with E-state index in [0.29, 0.717) is 36.8 Å². The van der Waals surface area contributed by atoms with Gasteiger partial charge in [0.2, 0.25) is 0 Å². The summed E-state index contributed by atoms with van der Waals surface area (Å²) >= 11 is 13.1. The van der Waals surface area contributed by atoms with Gasteiger partial charge >= 0.3 is 6.18 Å². The number of carbonyl (C=O) groups excluding carboxylic acids is 1. The molecule has 0 saturated carbocycles. The molecule has 0 spiro atoms. The number of aryl methyl sites for hydroxylation is 1. The Balaban J connectivity index is 1.76. The molecule has 150 valence electrons. The first kappa shape index (κ1) is 21.3. The van der Waals surface area contributed by atoms with Gasteiger partial charge in [0.1, 0.15) is 9.88 Å². The molecule has 10 heteroatoms. The van der Waals surface area contributed by atoms with Gasteiger partial charge in [-0.1, -0.05) is 41.4 Å². The number of thiazole rings is 1. The Morgan fingerprint density at radius 1 is 1.14 bits per heavy atom. The fraction of sp³-hybridized carbons (Fsp3) is 0.105. The first-order valence-corrected chi connectivity index (χ1v) is 9.66. The van der Waals surface area contributed by atoms with Gasteiger partial charge in [0.15, 0.2) is 0 Å². The fourth-order valence-electron chi connectivity index (χ4n) is 2.37. The normalized spacial score (nSPS) is 11.8. The molecule has 0 aliphatic carbocycles. The van der Waals surface area contributed by atoms with Crippen LogP contribution < -0.4 is 5.43 Å². The first-order chi connectivity index (χ1) is 13.7. The van der Waals surface area contributed by atoms with Crippen LogP contribution >= 0.6 is 34.5 Å². The van der Waals surface area contributed by atoms with Crippen LogP contribution in [0.25, 0.3) is 10.6 Å². The fourth-order valence-corrected chi connectivity index (χ4v) is 3.83. The quantitative estimate of drug-likeness (QED) is 0.374. The van der Waals surface area contributed by atoms with Crippen molar-refractivity contribution >= 4 is 46.7 Å². The minimum absolute atomic E-state index is 0.294. The number of hydrazone groups is 1. The van der Waals surface area contributed by atoms with Gasteiger partial charge in [0.25, 0.3) is 5.91 Å². The van der Waals surface area contributed by atoms with Crippen LogP contribution in [-0.4, -0.2) is 17.1 Å². The SMILES string of the molecule is Cc1nc(-c2ccc(C(F)(F)F)cc2)sc1C(=O)N/N=C/c1c(Cl)cccc1Cl. The molecule has 0 aliphatic rings. The van der Waals surface area contributed by atoms with Crippen LogP contribution in [0, 0.1) is 6.92 Å². The summed E-state index contributed by atoms with van der Waals surface area (Å²) in [6.07, 6.45) is -3.08. The molecular formula is C19H12Cl2F3N3OS. The van der Waals surface area contributed by atoms with E-state index in [0.717, 1.165) is 23.5 Å². The Morgan fingerprint density at radius 3 is 2.34 bits per heavy atom. The molecule has 1 N–H and O–H groups in total. The molecular weight excluding hydrogens is 446 g/mol. The number of aromatic nitrogens is 1. The van der Waals surface area contributed by atoms with E-state index in [1.165, 1.54) is 18.3 Å². The van der Waals surface area contributed by atoms with Gasteiger partial charge in [-0.15, -0.1) is 11.3 Å². The van der Waals surface area contributed by atoms with Crippen molar-refractivity contribution in [1.29, 1.82) is 0 Å². The predicted molar refractivity (Wildman–Crippen MR) is 109 cm³/mol. The average molecular weight is 458 g/mol. The zero-order valence-corrected chi connectivity index (χ0v) is 17.0. The van der Waals surface area contributed by atoms with Crippen LogP contribution in [-0.2, 0) is 6.18 Å². The molecule has 1 amide bonds. The number of hydrogen-bond donors (Lipinski definition) is 1. The molecule has 1 aromatic heterocycles. The average Bonchev–Trinajstić information content (AvgIpc) is 3.05. The molecule has 0 aliphatic heterocycles. The number of carbonyl (C=O) groups is 1. The lowest BCUT2D eigenvalue weighted by Crippen LogP contribution is -2.17. The van der Waals surface area contributed by atoms with Crippen molar-refractivity contribution in [2.24, 2.45) is 5.10 Å². The van der Waals surface area contributed by atoms with Crippen molar-refractivity contribution in [2.75, 3.05) is 0 Å². The largest absolute Gasteiger partial charge is 0.416 e. The summed E-state index contributed by atoms with van der Waals surface area (Å²) < 4.78 is 38.1. The van der Waals surface area contributed by atoms with Crippen molar-refractivity contribution in [3.05, 3.63) is 74.2 Å². The number of hydrogen-bond acceptors (Lipinski definition) is 4. The van der Waals surface area contributed by atoms with Crippen LogP contribution in [0.3, 0.4) is 0 Å². The zero-order chi connectivity index (χ0) is 21.2. The highest BCUT2D eigenvalue weighted by molar-refractivity contribution is 7.17. The monoisotopic (exact) mass is 457 g/mol. The molecule has 0 fully saturated rings. The van der Waals surface area contributed by atoms with Gasteiger partial charge in [-0.25, -0.2) is 10.4 Å². The summed E-state index contributed by atoms with van der Waals surface area (Å²) in [4.78, 5) is 17.0. The molecule has 3 rings (SSSR count). The van der Waals surface area contributed by atoms with Crippen LogP contribution in [0.4, 0.5) is 13.2 Å². The molecule has 0 bridgehead atoms. The summed E-state index contributed by atoms with van der Waals surface area (Å²) in [5.74, 6) is -0.502. The maximum Gasteiger partial charge on any atom is 0.416 e. The number of nitrogens with zero attached hydrogens (tertiary/aromatic N) is 2. The van der Waals surface area contributed by atoms with Crippen molar-refractivity contribution < 1.29 is 18.0 Å². The van der Waals surface area contributed by atoms with E-state index in [1.54, 1.807) is 25.1 Å². The molecule has 4 nitrogen and oxygen atoms in total. The third-order valence-corrected chi connectivity index (χ3v) is 5.69. The van der Waals surface area contributed by atoms with Crippen LogP contribution in [0.5, 0.6) is 0 Å². The molecule has 3 aromatic rings. The molecule has 0 atom stereocenters. The molecule has 2 aromatic carbocycles. The lowest BCUT2D eigenvalue weighted by molar-refractivity contribution is -0.137. The summed E-state index contributed by atoms with van der Waals surface area (Å²) in [6.45, 7) is 1.63. The third-order valence-electron chi connectivity index (χ3n) is 3.82.